The second-order valence-electron chi connectivity index (χ2n) is 2.19. The fourth-order valence-corrected chi connectivity index (χ4v) is 1.01. The molecule has 0 aromatic carbocycles. The van der Waals surface area contributed by atoms with Gasteiger partial charge in [0.15, 0.2) is 5.69 Å². The van der Waals surface area contributed by atoms with Crippen molar-refractivity contribution >= 4 is 21.9 Å². The Kier molecular flexibility index (Phi) is 2.74. The van der Waals surface area contributed by atoms with Crippen LogP contribution in [0.4, 0.5) is 13.2 Å². The van der Waals surface area contributed by atoms with Crippen molar-refractivity contribution in [2.24, 2.45) is 0 Å². The molecule has 0 aliphatic carbocycles. The zero-order valence-electron chi connectivity index (χ0n) is 6.34. The average Bonchev–Trinajstić information content (AvgIpc) is 2.02. The zero-order valence-corrected chi connectivity index (χ0v) is 7.93. The molecule has 76 valence electrons. The predicted octanol–water partition coefficient (Wildman–Crippen LogP) is 1.96. The van der Waals surface area contributed by atoms with E-state index in [1.54, 1.807) is 0 Å². The van der Waals surface area contributed by atoms with Crippen molar-refractivity contribution in [2.45, 2.75) is 6.18 Å². The lowest BCUT2D eigenvalue weighted by molar-refractivity contribution is -0.145. The molecule has 0 atom stereocenters. The van der Waals surface area contributed by atoms with Gasteiger partial charge in [-0.15, -0.1) is 0 Å². The van der Waals surface area contributed by atoms with Gasteiger partial charge in [-0.3, -0.25) is 0 Å². The number of carbonyl (C=O) groups is 1. The third-order valence-corrected chi connectivity index (χ3v) is 1.78. The predicted molar refractivity (Wildman–Crippen MR) is 41.7 cm³/mol. The largest absolute Gasteiger partial charge is 0.476 e. The SMILES string of the molecule is O=C(O)c1nc(C(F)(F)F)ncc1Br. The highest BCUT2D eigenvalue weighted by molar-refractivity contribution is 9.10. The van der Waals surface area contributed by atoms with Crippen LogP contribution in [0.3, 0.4) is 0 Å². The molecule has 1 heterocycles. The van der Waals surface area contributed by atoms with Crippen molar-refractivity contribution in [3.05, 3.63) is 22.2 Å². The van der Waals surface area contributed by atoms with Gasteiger partial charge in [0.25, 0.3) is 0 Å². The maximum absolute atomic E-state index is 12.0. The number of carboxylic acid groups (broad SMARTS) is 1. The summed E-state index contributed by atoms with van der Waals surface area (Å²) in [5.41, 5.74) is -0.715. The Labute approximate surface area is 83.9 Å². The molecule has 0 radical (unpaired) electrons. The standard InChI is InChI=1S/C6H2BrF3N2O2/c7-2-1-11-5(6(8,9)10)12-3(2)4(13)14/h1H,(H,13,14). The van der Waals surface area contributed by atoms with Crippen LogP contribution in [0.1, 0.15) is 16.3 Å². The van der Waals surface area contributed by atoms with Gasteiger partial charge in [-0.25, -0.2) is 14.8 Å². The van der Waals surface area contributed by atoms with E-state index < -0.39 is 23.7 Å². The summed E-state index contributed by atoms with van der Waals surface area (Å²) < 4.78 is 36.0. The first-order valence-corrected chi connectivity index (χ1v) is 3.94. The van der Waals surface area contributed by atoms with E-state index in [4.69, 9.17) is 5.11 Å². The summed E-state index contributed by atoms with van der Waals surface area (Å²) in [6.07, 6.45) is -4.00. The molecule has 1 aromatic heterocycles. The molecule has 0 aliphatic rings. The smallest absolute Gasteiger partial charge is 0.451 e. The minimum atomic E-state index is -4.75. The molecule has 0 saturated heterocycles. The van der Waals surface area contributed by atoms with Crippen molar-refractivity contribution in [1.82, 2.24) is 9.97 Å². The highest BCUT2D eigenvalue weighted by atomic mass is 79.9. The Morgan fingerprint density at radius 1 is 1.50 bits per heavy atom. The minimum Gasteiger partial charge on any atom is -0.476 e. The number of hydrogen-bond acceptors (Lipinski definition) is 3. The van der Waals surface area contributed by atoms with Crippen molar-refractivity contribution in [2.75, 3.05) is 0 Å². The van der Waals surface area contributed by atoms with E-state index in [1.807, 2.05) is 0 Å². The first kappa shape index (κ1) is 10.9. The minimum absolute atomic E-state index is 0.0991. The van der Waals surface area contributed by atoms with Crippen LogP contribution < -0.4 is 0 Å². The van der Waals surface area contributed by atoms with Gasteiger partial charge >= 0.3 is 12.1 Å². The number of rotatable bonds is 1. The van der Waals surface area contributed by atoms with Crippen LogP contribution in [0, 0.1) is 0 Å². The van der Waals surface area contributed by atoms with Crippen LogP contribution in [0.2, 0.25) is 0 Å². The van der Waals surface area contributed by atoms with Crippen LogP contribution in [0.5, 0.6) is 0 Å². The van der Waals surface area contributed by atoms with Crippen molar-refractivity contribution in [3.63, 3.8) is 0 Å². The van der Waals surface area contributed by atoms with Gasteiger partial charge in [-0.1, -0.05) is 0 Å². The first-order chi connectivity index (χ1) is 6.32. The summed E-state index contributed by atoms with van der Waals surface area (Å²) in [4.78, 5) is 16.2. The van der Waals surface area contributed by atoms with Crippen molar-refractivity contribution in [3.8, 4) is 0 Å². The maximum atomic E-state index is 12.0. The summed E-state index contributed by atoms with van der Waals surface area (Å²) in [7, 11) is 0. The lowest BCUT2D eigenvalue weighted by Gasteiger charge is -2.05. The van der Waals surface area contributed by atoms with E-state index in [0.29, 0.717) is 0 Å². The van der Waals surface area contributed by atoms with E-state index >= 15 is 0 Å². The molecular formula is C6H2BrF3N2O2. The molecule has 1 rings (SSSR count). The number of aromatic carboxylic acids is 1. The molecule has 0 spiro atoms. The van der Waals surface area contributed by atoms with E-state index in [0.717, 1.165) is 6.20 Å². The summed E-state index contributed by atoms with van der Waals surface area (Å²) >= 11 is 2.72. The Hall–Kier alpha value is -1.18. The van der Waals surface area contributed by atoms with Gasteiger partial charge in [-0.05, 0) is 15.9 Å². The highest BCUT2D eigenvalue weighted by Crippen LogP contribution is 2.27. The zero-order chi connectivity index (χ0) is 10.9. The number of halogens is 4. The van der Waals surface area contributed by atoms with E-state index in [1.165, 1.54) is 0 Å². The first-order valence-electron chi connectivity index (χ1n) is 3.15. The molecule has 0 unspecified atom stereocenters. The summed E-state index contributed by atoms with van der Waals surface area (Å²) in [5.74, 6) is -3.03. The maximum Gasteiger partial charge on any atom is 0.451 e. The third-order valence-electron chi connectivity index (χ3n) is 1.20. The van der Waals surface area contributed by atoms with Crippen LogP contribution in [-0.2, 0) is 6.18 Å². The van der Waals surface area contributed by atoms with Crippen LogP contribution >= 0.6 is 15.9 Å². The lowest BCUT2D eigenvalue weighted by atomic mass is 10.4. The number of carboxylic acids is 1. The molecule has 0 fully saturated rings. The fourth-order valence-electron chi connectivity index (χ4n) is 0.654. The molecule has 4 nitrogen and oxygen atoms in total. The fraction of sp³-hybridized carbons (Fsp3) is 0.167. The lowest BCUT2D eigenvalue weighted by Crippen LogP contribution is -2.14. The number of nitrogens with zero attached hydrogens (tertiary/aromatic N) is 2. The Morgan fingerprint density at radius 3 is 2.50 bits per heavy atom. The molecule has 0 amide bonds. The van der Waals surface area contributed by atoms with Gasteiger partial charge < -0.3 is 5.11 Å². The quantitative estimate of drug-likeness (QED) is 0.847. The summed E-state index contributed by atoms with van der Waals surface area (Å²) in [6, 6.07) is 0. The number of alkyl halides is 3. The monoisotopic (exact) mass is 270 g/mol. The van der Waals surface area contributed by atoms with Crippen LogP contribution in [0.15, 0.2) is 10.7 Å². The third kappa shape index (κ3) is 2.19. The average molecular weight is 271 g/mol. The van der Waals surface area contributed by atoms with Gasteiger partial charge in [-0.2, -0.15) is 13.2 Å². The van der Waals surface area contributed by atoms with Crippen molar-refractivity contribution in [1.29, 1.82) is 0 Å². The number of hydrogen-bond donors (Lipinski definition) is 1. The van der Waals surface area contributed by atoms with Crippen molar-refractivity contribution < 1.29 is 23.1 Å². The molecule has 14 heavy (non-hydrogen) atoms. The second-order valence-corrected chi connectivity index (χ2v) is 3.05. The van der Waals surface area contributed by atoms with Gasteiger partial charge in [0.1, 0.15) is 0 Å². The molecule has 1 aromatic rings. The molecular weight excluding hydrogens is 269 g/mol. The summed E-state index contributed by atoms with van der Waals surface area (Å²) in [6.45, 7) is 0. The van der Waals surface area contributed by atoms with Gasteiger partial charge in [0, 0.05) is 6.20 Å². The molecule has 1 N–H and O–H groups in total. The molecule has 0 saturated carbocycles. The van der Waals surface area contributed by atoms with E-state index in [9.17, 15) is 18.0 Å². The Morgan fingerprint density at radius 2 is 2.07 bits per heavy atom. The molecule has 0 bridgehead atoms. The Balaban J connectivity index is 3.27. The number of aromatic nitrogens is 2. The molecule has 0 aliphatic heterocycles. The topological polar surface area (TPSA) is 63.1 Å². The van der Waals surface area contributed by atoms with Gasteiger partial charge in [0.2, 0.25) is 5.82 Å². The highest BCUT2D eigenvalue weighted by Gasteiger charge is 2.35. The van der Waals surface area contributed by atoms with E-state index in [2.05, 4.69) is 25.9 Å². The normalized spacial score (nSPS) is 11.4. The summed E-state index contributed by atoms with van der Waals surface area (Å²) in [5, 5.41) is 8.47. The second kappa shape index (κ2) is 3.52. The Bertz CT molecular complexity index is 380. The van der Waals surface area contributed by atoms with E-state index in [-0.39, 0.29) is 4.47 Å². The van der Waals surface area contributed by atoms with Gasteiger partial charge in [0.05, 0.1) is 4.47 Å². The van der Waals surface area contributed by atoms with Crippen LogP contribution in [0.25, 0.3) is 0 Å². The molecule has 8 heteroatoms. The van der Waals surface area contributed by atoms with Crippen LogP contribution in [-0.4, -0.2) is 21.0 Å².